The van der Waals surface area contributed by atoms with Crippen molar-refractivity contribution in [2.24, 2.45) is 0 Å². The molecule has 0 aliphatic carbocycles. The zero-order chi connectivity index (χ0) is 12.8. The largest absolute Gasteiger partial charge is 0.342 e. The molecule has 0 spiro atoms. The van der Waals surface area contributed by atoms with Gasteiger partial charge in [0.05, 0.1) is 4.75 Å². The van der Waals surface area contributed by atoms with Crippen molar-refractivity contribution in [1.82, 2.24) is 10.2 Å². The van der Waals surface area contributed by atoms with Crippen molar-refractivity contribution in [3.05, 3.63) is 12.3 Å². The van der Waals surface area contributed by atoms with Gasteiger partial charge < -0.3 is 5.32 Å². The number of carbonyl (C=O) groups excluding carboxylic acids is 2. The van der Waals surface area contributed by atoms with Crippen molar-refractivity contribution in [3.8, 4) is 0 Å². The molecule has 4 nitrogen and oxygen atoms in total. The van der Waals surface area contributed by atoms with Crippen molar-refractivity contribution in [2.75, 3.05) is 0 Å². The number of β-lactam (4-membered cyclic amide) rings is 1. The predicted octanol–water partition coefficient (Wildman–Crippen LogP) is 1.48. The molecule has 2 saturated heterocycles. The van der Waals surface area contributed by atoms with Crippen LogP contribution in [-0.2, 0) is 9.59 Å². The van der Waals surface area contributed by atoms with Crippen molar-refractivity contribution in [3.63, 3.8) is 0 Å². The van der Waals surface area contributed by atoms with Crippen LogP contribution in [0.3, 0.4) is 0 Å². The van der Waals surface area contributed by atoms with E-state index in [1.54, 1.807) is 16.7 Å². The quantitative estimate of drug-likeness (QED) is 0.776. The average molecular weight is 254 g/mol. The molecule has 0 bridgehead atoms. The van der Waals surface area contributed by atoms with Crippen LogP contribution in [0.4, 0.5) is 0 Å². The van der Waals surface area contributed by atoms with Gasteiger partial charge in [0.2, 0.25) is 5.91 Å². The average Bonchev–Trinajstić information content (AvgIpc) is 2.45. The number of amides is 2. The fraction of sp³-hybridized carbons (Fsp3) is 0.667. The zero-order valence-electron chi connectivity index (χ0n) is 10.4. The molecule has 2 amide bonds. The van der Waals surface area contributed by atoms with Gasteiger partial charge in [-0.15, -0.1) is 11.8 Å². The molecule has 2 atom stereocenters. The maximum absolute atomic E-state index is 11.9. The van der Waals surface area contributed by atoms with E-state index in [1.807, 2.05) is 6.92 Å². The second-order valence-electron chi connectivity index (χ2n) is 4.97. The van der Waals surface area contributed by atoms with Crippen LogP contribution in [-0.4, -0.2) is 32.9 Å². The molecule has 0 aromatic heterocycles. The molecule has 94 valence electrons. The van der Waals surface area contributed by atoms with E-state index in [-0.39, 0.29) is 28.0 Å². The lowest BCUT2D eigenvalue weighted by Crippen LogP contribution is -2.66. The number of thioether (sulfide) groups is 1. The summed E-state index contributed by atoms with van der Waals surface area (Å²) in [5.74, 6) is -0.0658. The summed E-state index contributed by atoms with van der Waals surface area (Å²) < 4.78 is -0.120. The van der Waals surface area contributed by atoms with Gasteiger partial charge in [-0.25, -0.2) is 0 Å². The van der Waals surface area contributed by atoms with Gasteiger partial charge in [-0.3, -0.25) is 14.5 Å². The lowest BCUT2D eigenvalue weighted by Gasteiger charge is -2.41. The summed E-state index contributed by atoms with van der Waals surface area (Å²) in [6.07, 6.45) is 1.28. The fourth-order valence-electron chi connectivity index (χ4n) is 2.14. The Kier molecular flexibility index (Phi) is 2.97. The SMILES string of the molecule is C=C1N2C(=O)[C@@H](NC(=O)CCC)[C@H]2SC1(C)C. The first kappa shape index (κ1) is 12.5. The topological polar surface area (TPSA) is 49.4 Å². The van der Waals surface area contributed by atoms with Gasteiger partial charge in [0.15, 0.2) is 0 Å². The molecule has 2 aliphatic rings. The summed E-state index contributed by atoms with van der Waals surface area (Å²) >= 11 is 1.69. The Hall–Kier alpha value is -0.970. The lowest BCUT2D eigenvalue weighted by molar-refractivity contribution is -0.145. The highest BCUT2D eigenvalue weighted by molar-refractivity contribution is 8.01. The number of fused-ring (bicyclic) bond motifs is 1. The number of nitrogens with zero attached hydrogens (tertiary/aromatic N) is 1. The number of rotatable bonds is 3. The molecule has 0 radical (unpaired) electrons. The van der Waals surface area contributed by atoms with Gasteiger partial charge >= 0.3 is 0 Å². The van der Waals surface area contributed by atoms with Crippen molar-refractivity contribution < 1.29 is 9.59 Å². The van der Waals surface area contributed by atoms with Crippen LogP contribution in [0.5, 0.6) is 0 Å². The highest BCUT2D eigenvalue weighted by Gasteiger charge is 2.58. The molecular formula is C12H18N2O2S. The number of hydrogen-bond donors (Lipinski definition) is 1. The van der Waals surface area contributed by atoms with E-state index in [0.717, 1.165) is 12.1 Å². The lowest BCUT2D eigenvalue weighted by atomic mass is 10.0. The molecule has 2 aliphatic heterocycles. The van der Waals surface area contributed by atoms with Gasteiger partial charge in [0.25, 0.3) is 5.91 Å². The van der Waals surface area contributed by atoms with Crippen LogP contribution >= 0.6 is 11.8 Å². The Balaban J connectivity index is 2.04. The molecule has 2 fully saturated rings. The molecule has 5 heteroatoms. The molecule has 0 aromatic carbocycles. The summed E-state index contributed by atoms with van der Waals surface area (Å²) in [5, 5.41) is 2.84. The molecule has 0 saturated carbocycles. The van der Waals surface area contributed by atoms with Gasteiger partial charge in [0, 0.05) is 12.1 Å². The molecule has 2 heterocycles. The van der Waals surface area contributed by atoms with Crippen LogP contribution < -0.4 is 5.32 Å². The van der Waals surface area contributed by atoms with E-state index in [4.69, 9.17) is 0 Å². The second-order valence-corrected chi connectivity index (χ2v) is 6.71. The first-order valence-electron chi connectivity index (χ1n) is 5.88. The Morgan fingerprint density at radius 3 is 2.82 bits per heavy atom. The van der Waals surface area contributed by atoms with Gasteiger partial charge in [-0.05, 0) is 20.3 Å². The normalized spacial score (nSPS) is 29.9. The Morgan fingerprint density at radius 2 is 2.24 bits per heavy atom. The van der Waals surface area contributed by atoms with Crippen LogP contribution in [0.1, 0.15) is 33.6 Å². The third kappa shape index (κ3) is 1.86. The number of nitrogens with one attached hydrogen (secondary N) is 1. The standard InChI is InChI=1S/C12H18N2O2S/c1-5-6-8(15)13-9-10(16)14-7(2)12(3,4)17-11(9)14/h9,11H,2,5-6H2,1,3-4H3,(H,13,15)/t9-,11-/m1/s1. The smallest absolute Gasteiger partial charge is 0.253 e. The molecule has 1 N–H and O–H groups in total. The summed E-state index contributed by atoms with van der Waals surface area (Å²) in [5.41, 5.74) is 0.846. The summed E-state index contributed by atoms with van der Waals surface area (Å²) in [6, 6.07) is -0.363. The Bertz CT molecular complexity index is 392. The maximum Gasteiger partial charge on any atom is 0.253 e. The minimum atomic E-state index is -0.363. The van der Waals surface area contributed by atoms with Crippen LogP contribution in [0.2, 0.25) is 0 Å². The summed E-state index contributed by atoms with van der Waals surface area (Å²) in [7, 11) is 0. The molecular weight excluding hydrogens is 236 g/mol. The third-order valence-corrected chi connectivity index (χ3v) is 4.79. The van der Waals surface area contributed by atoms with Crippen molar-refractivity contribution in [1.29, 1.82) is 0 Å². The first-order chi connectivity index (χ1) is 7.88. The number of carbonyl (C=O) groups is 2. The zero-order valence-corrected chi connectivity index (χ0v) is 11.3. The van der Waals surface area contributed by atoms with E-state index in [9.17, 15) is 9.59 Å². The van der Waals surface area contributed by atoms with Crippen molar-refractivity contribution in [2.45, 2.75) is 49.8 Å². The highest BCUT2D eigenvalue weighted by Crippen LogP contribution is 2.52. The second kappa shape index (κ2) is 4.05. The minimum absolute atomic E-state index is 0.0254. The summed E-state index contributed by atoms with van der Waals surface area (Å²) in [6.45, 7) is 10.0. The minimum Gasteiger partial charge on any atom is -0.342 e. The maximum atomic E-state index is 11.9. The Labute approximate surface area is 106 Å². The molecule has 0 unspecified atom stereocenters. The third-order valence-electron chi connectivity index (χ3n) is 3.24. The monoisotopic (exact) mass is 254 g/mol. The van der Waals surface area contributed by atoms with Gasteiger partial charge in [0.1, 0.15) is 11.4 Å². The first-order valence-corrected chi connectivity index (χ1v) is 6.76. The summed E-state index contributed by atoms with van der Waals surface area (Å²) in [4.78, 5) is 25.1. The van der Waals surface area contributed by atoms with E-state index in [0.29, 0.717) is 6.42 Å². The highest BCUT2D eigenvalue weighted by atomic mass is 32.2. The molecule has 0 aromatic rings. The van der Waals surface area contributed by atoms with Crippen LogP contribution in [0.15, 0.2) is 12.3 Å². The van der Waals surface area contributed by atoms with E-state index < -0.39 is 0 Å². The van der Waals surface area contributed by atoms with E-state index in [1.165, 1.54) is 0 Å². The Morgan fingerprint density at radius 1 is 1.59 bits per heavy atom. The predicted molar refractivity (Wildman–Crippen MR) is 68.3 cm³/mol. The van der Waals surface area contributed by atoms with E-state index in [2.05, 4.69) is 25.7 Å². The molecule has 17 heavy (non-hydrogen) atoms. The van der Waals surface area contributed by atoms with Crippen LogP contribution in [0.25, 0.3) is 0 Å². The van der Waals surface area contributed by atoms with Crippen LogP contribution in [0, 0.1) is 0 Å². The molecule has 2 rings (SSSR count). The van der Waals surface area contributed by atoms with Gasteiger partial charge in [-0.1, -0.05) is 13.5 Å². The van der Waals surface area contributed by atoms with Gasteiger partial charge in [-0.2, -0.15) is 0 Å². The van der Waals surface area contributed by atoms with Crippen molar-refractivity contribution >= 4 is 23.6 Å². The number of hydrogen-bond acceptors (Lipinski definition) is 3. The van der Waals surface area contributed by atoms with E-state index >= 15 is 0 Å². The fourth-order valence-corrected chi connectivity index (χ4v) is 3.63.